The molecule has 0 unspecified atom stereocenters. The summed E-state index contributed by atoms with van der Waals surface area (Å²) in [5.41, 5.74) is 0.835. The monoisotopic (exact) mass is 227 g/mol. The first-order valence-corrected chi connectivity index (χ1v) is 3.82. The molecule has 0 bridgehead atoms. The molecular weight excluding hydrogens is 218 g/mol. The molecule has 0 aliphatic heterocycles. The highest BCUT2D eigenvalue weighted by Crippen LogP contribution is 2.05. The zero-order chi connectivity index (χ0) is 9.10. The van der Waals surface area contributed by atoms with Gasteiger partial charge in [0.1, 0.15) is 6.33 Å². The molecule has 0 amide bonds. The molecular formula is C9H10ClN3O2. The van der Waals surface area contributed by atoms with E-state index >= 15 is 0 Å². The number of nitrogens with zero attached hydrogens (tertiary/aromatic N) is 3. The van der Waals surface area contributed by atoms with E-state index in [-0.39, 0.29) is 17.9 Å². The summed E-state index contributed by atoms with van der Waals surface area (Å²) in [5.74, 6) is 0.311. The van der Waals surface area contributed by atoms with Crippen LogP contribution in [0.5, 0.6) is 0 Å². The lowest BCUT2D eigenvalue weighted by Crippen LogP contribution is -2.01. The van der Waals surface area contributed by atoms with Crippen molar-refractivity contribution in [2.45, 2.75) is 0 Å². The molecule has 2 aromatic rings. The van der Waals surface area contributed by atoms with Crippen molar-refractivity contribution in [3.05, 3.63) is 42.5 Å². The van der Waals surface area contributed by atoms with Crippen molar-refractivity contribution in [3.8, 4) is 5.69 Å². The number of para-hydroxylation sites is 1. The summed E-state index contributed by atoms with van der Waals surface area (Å²) in [6.07, 6.45) is 2.04. The first-order chi connectivity index (χ1) is 6.42. The maximum Gasteiger partial charge on any atom is 0.196 e. The highest BCUT2D eigenvalue weighted by molar-refractivity contribution is 5.85. The predicted molar refractivity (Wildman–Crippen MR) is 57.6 cm³/mol. The molecule has 1 aromatic heterocycles. The average Bonchev–Trinajstić information content (AvgIpc) is 2.67. The summed E-state index contributed by atoms with van der Waals surface area (Å²) in [6, 6.07) is 9.39. The first-order valence-electron chi connectivity index (χ1n) is 3.82. The largest absolute Gasteiger partial charge is 0.412 e. The third-order valence-corrected chi connectivity index (χ3v) is 1.68. The van der Waals surface area contributed by atoms with E-state index in [9.17, 15) is 4.79 Å². The molecule has 0 saturated carbocycles. The van der Waals surface area contributed by atoms with Gasteiger partial charge in [0.25, 0.3) is 0 Å². The fourth-order valence-electron chi connectivity index (χ4n) is 1.10. The average molecular weight is 228 g/mol. The summed E-state index contributed by atoms with van der Waals surface area (Å²) in [7, 11) is 0. The number of aldehydes is 1. The van der Waals surface area contributed by atoms with Gasteiger partial charge in [0, 0.05) is 0 Å². The Morgan fingerprint density at radius 1 is 1.20 bits per heavy atom. The smallest absolute Gasteiger partial charge is 0.196 e. The van der Waals surface area contributed by atoms with Gasteiger partial charge < -0.3 is 5.48 Å². The Hall–Kier alpha value is -1.72. The van der Waals surface area contributed by atoms with Crippen LogP contribution in [0.1, 0.15) is 10.6 Å². The van der Waals surface area contributed by atoms with E-state index in [4.69, 9.17) is 0 Å². The van der Waals surface area contributed by atoms with Gasteiger partial charge in [-0.15, -0.1) is 12.4 Å². The Labute approximate surface area is 92.5 Å². The summed E-state index contributed by atoms with van der Waals surface area (Å²) in [5, 5.41) is 3.93. The van der Waals surface area contributed by atoms with Gasteiger partial charge in [-0.1, -0.05) is 18.2 Å². The fraction of sp³-hybridized carbons (Fsp3) is 0. The minimum Gasteiger partial charge on any atom is -0.412 e. The zero-order valence-electron chi connectivity index (χ0n) is 7.70. The second-order valence-electron chi connectivity index (χ2n) is 2.48. The van der Waals surface area contributed by atoms with Crippen molar-refractivity contribution in [2.24, 2.45) is 0 Å². The molecule has 1 aromatic carbocycles. The molecule has 2 rings (SSSR count). The summed E-state index contributed by atoms with van der Waals surface area (Å²) >= 11 is 0. The molecule has 1 heterocycles. The van der Waals surface area contributed by atoms with Crippen molar-refractivity contribution in [3.63, 3.8) is 0 Å². The molecule has 5 nitrogen and oxygen atoms in total. The van der Waals surface area contributed by atoms with Crippen LogP contribution in [0, 0.1) is 0 Å². The highest BCUT2D eigenvalue weighted by atomic mass is 35.5. The molecule has 80 valence electrons. The molecule has 0 atom stereocenters. The van der Waals surface area contributed by atoms with Crippen molar-refractivity contribution in [1.82, 2.24) is 14.8 Å². The van der Waals surface area contributed by atoms with Gasteiger partial charge >= 0.3 is 0 Å². The number of hydrogen-bond acceptors (Lipinski definition) is 3. The zero-order valence-corrected chi connectivity index (χ0v) is 8.52. The van der Waals surface area contributed by atoms with Gasteiger partial charge in [-0.2, -0.15) is 5.10 Å². The lowest BCUT2D eigenvalue weighted by molar-refractivity contribution is 0.111. The number of benzene rings is 1. The van der Waals surface area contributed by atoms with Gasteiger partial charge in [-0.3, -0.25) is 4.79 Å². The number of halogens is 1. The van der Waals surface area contributed by atoms with E-state index in [1.54, 1.807) is 0 Å². The minimum absolute atomic E-state index is 0. The maximum absolute atomic E-state index is 10.5. The quantitative estimate of drug-likeness (QED) is 0.708. The van der Waals surface area contributed by atoms with Gasteiger partial charge in [0.05, 0.1) is 5.69 Å². The van der Waals surface area contributed by atoms with Crippen LogP contribution >= 0.6 is 12.4 Å². The summed E-state index contributed by atoms with van der Waals surface area (Å²) in [4.78, 5) is 14.3. The van der Waals surface area contributed by atoms with E-state index in [1.165, 1.54) is 11.0 Å². The fourth-order valence-corrected chi connectivity index (χ4v) is 1.10. The molecule has 0 aliphatic rings. The van der Waals surface area contributed by atoms with Crippen LogP contribution in [0.4, 0.5) is 0 Å². The molecule has 0 aliphatic carbocycles. The molecule has 0 saturated heterocycles. The normalized spacial score (nSPS) is 8.53. The SMILES string of the molecule is Cl.O.O=Cc1ncnn1-c1ccccc1. The Balaban J connectivity index is 0.000000980. The van der Waals surface area contributed by atoms with Gasteiger partial charge in [-0.05, 0) is 12.1 Å². The molecule has 0 fully saturated rings. The predicted octanol–water partition coefficient (Wildman–Crippen LogP) is 0.677. The van der Waals surface area contributed by atoms with Crippen LogP contribution in [0.25, 0.3) is 5.69 Å². The third kappa shape index (κ3) is 2.61. The van der Waals surface area contributed by atoms with Crippen LogP contribution in [-0.4, -0.2) is 26.5 Å². The lowest BCUT2D eigenvalue weighted by atomic mass is 10.3. The number of carbonyl (C=O) groups is 1. The van der Waals surface area contributed by atoms with Gasteiger partial charge in [0.15, 0.2) is 12.1 Å². The minimum atomic E-state index is 0. The second kappa shape index (κ2) is 5.90. The van der Waals surface area contributed by atoms with Gasteiger partial charge in [0.2, 0.25) is 0 Å². The second-order valence-corrected chi connectivity index (χ2v) is 2.48. The lowest BCUT2D eigenvalue weighted by Gasteiger charge is -1.99. The van der Waals surface area contributed by atoms with E-state index < -0.39 is 0 Å². The van der Waals surface area contributed by atoms with E-state index in [0.29, 0.717) is 12.1 Å². The number of carbonyl (C=O) groups excluding carboxylic acids is 1. The molecule has 2 N–H and O–H groups in total. The Bertz CT molecular complexity index is 416. The molecule has 0 radical (unpaired) electrons. The van der Waals surface area contributed by atoms with E-state index in [2.05, 4.69) is 10.1 Å². The van der Waals surface area contributed by atoms with Crippen LogP contribution in [-0.2, 0) is 0 Å². The van der Waals surface area contributed by atoms with Crippen LogP contribution in [0.3, 0.4) is 0 Å². The number of aromatic nitrogens is 3. The van der Waals surface area contributed by atoms with Crippen LogP contribution in [0.15, 0.2) is 36.7 Å². The van der Waals surface area contributed by atoms with Crippen molar-refractivity contribution >= 4 is 18.7 Å². The van der Waals surface area contributed by atoms with Crippen LogP contribution < -0.4 is 0 Å². The molecule has 15 heavy (non-hydrogen) atoms. The summed E-state index contributed by atoms with van der Waals surface area (Å²) in [6.45, 7) is 0. The van der Waals surface area contributed by atoms with Crippen LogP contribution in [0.2, 0.25) is 0 Å². The van der Waals surface area contributed by atoms with E-state index in [1.807, 2.05) is 30.3 Å². The molecule has 0 spiro atoms. The topological polar surface area (TPSA) is 79.3 Å². The first kappa shape index (κ1) is 13.3. The van der Waals surface area contributed by atoms with Crippen molar-refractivity contribution < 1.29 is 10.3 Å². The third-order valence-electron chi connectivity index (χ3n) is 1.68. The standard InChI is InChI=1S/C9H7N3O.ClH.H2O/c13-6-9-10-7-11-12(9)8-4-2-1-3-5-8;;/h1-7H;1H;1H2. The Kier molecular flexibility index (Phi) is 5.22. The maximum atomic E-state index is 10.5. The van der Waals surface area contributed by atoms with Crippen molar-refractivity contribution in [1.29, 1.82) is 0 Å². The van der Waals surface area contributed by atoms with Gasteiger partial charge in [-0.25, -0.2) is 9.67 Å². The number of rotatable bonds is 2. The highest BCUT2D eigenvalue weighted by Gasteiger charge is 2.02. The molecule has 6 heteroatoms. The Morgan fingerprint density at radius 2 is 1.87 bits per heavy atom. The number of hydrogen-bond donors (Lipinski definition) is 0. The van der Waals surface area contributed by atoms with E-state index in [0.717, 1.165) is 5.69 Å². The van der Waals surface area contributed by atoms with Crippen molar-refractivity contribution in [2.75, 3.05) is 0 Å². The summed E-state index contributed by atoms with van der Waals surface area (Å²) < 4.78 is 1.49. The Morgan fingerprint density at radius 3 is 2.47 bits per heavy atom.